The number of methoxy groups -OCH3 is 1. The van der Waals surface area contributed by atoms with Crippen LogP contribution in [0.25, 0.3) is 0 Å². The molecule has 2 N–H and O–H groups in total. The van der Waals surface area contributed by atoms with Gasteiger partial charge in [-0.3, -0.25) is 0 Å². The van der Waals surface area contributed by atoms with Crippen molar-refractivity contribution in [2.24, 2.45) is 0 Å². The van der Waals surface area contributed by atoms with Crippen LogP contribution in [0.4, 0.5) is 5.82 Å². The van der Waals surface area contributed by atoms with Crippen LogP contribution in [0.2, 0.25) is 0 Å². The van der Waals surface area contributed by atoms with Crippen molar-refractivity contribution in [3.05, 3.63) is 17.1 Å². The molecule has 0 saturated heterocycles. The smallest absolute Gasteiger partial charge is 0.159 e. The summed E-state index contributed by atoms with van der Waals surface area (Å²) in [4.78, 5) is 8.93. The molecule has 1 aromatic rings. The molecule has 1 aliphatic rings. The SMILES string of the molecule is COC(C)c1nc(N)c2c(n1)CCCCC2. The molecule has 0 fully saturated rings. The molecule has 0 aliphatic heterocycles. The Balaban J connectivity index is 2.39. The maximum absolute atomic E-state index is 6.00. The minimum atomic E-state index is -0.0872. The van der Waals surface area contributed by atoms with Crippen molar-refractivity contribution in [3.8, 4) is 0 Å². The van der Waals surface area contributed by atoms with E-state index < -0.39 is 0 Å². The van der Waals surface area contributed by atoms with Crippen LogP contribution < -0.4 is 5.73 Å². The van der Waals surface area contributed by atoms with Gasteiger partial charge in [-0.15, -0.1) is 0 Å². The fourth-order valence-electron chi connectivity index (χ4n) is 2.11. The lowest BCUT2D eigenvalue weighted by Gasteiger charge is -2.13. The molecule has 88 valence electrons. The molecule has 0 saturated carbocycles. The third-order valence-electron chi connectivity index (χ3n) is 3.20. The number of aromatic nitrogens is 2. The second-order valence-corrected chi connectivity index (χ2v) is 4.33. The van der Waals surface area contributed by atoms with E-state index in [0.717, 1.165) is 24.1 Å². The molecule has 4 nitrogen and oxygen atoms in total. The summed E-state index contributed by atoms with van der Waals surface area (Å²) in [5.74, 6) is 1.35. The Morgan fingerprint density at radius 3 is 2.69 bits per heavy atom. The van der Waals surface area contributed by atoms with Gasteiger partial charge in [0.05, 0.1) is 0 Å². The predicted molar refractivity (Wildman–Crippen MR) is 63.1 cm³/mol. The Morgan fingerprint density at radius 2 is 1.94 bits per heavy atom. The highest BCUT2D eigenvalue weighted by molar-refractivity contribution is 5.43. The van der Waals surface area contributed by atoms with Crippen LogP contribution in [0.5, 0.6) is 0 Å². The van der Waals surface area contributed by atoms with Crippen LogP contribution in [0.1, 0.15) is 49.4 Å². The molecular weight excluding hydrogens is 202 g/mol. The molecule has 1 unspecified atom stereocenters. The van der Waals surface area contributed by atoms with E-state index in [4.69, 9.17) is 10.5 Å². The van der Waals surface area contributed by atoms with Gasteiger partial charge >= 0.3 is 0 Å². The second kappa shape index (κ2) is 4.78. The summed E-state index contributed by atoms with van der Waals surface area (Å²) >= 11 is 0. The zero-order valence-electron chi connectivity index (χ0n) is 9.99. The van der Waals surface area contributed by atoms with Gasteiger partial charge in [-0.05, 0) is 32.6 Å². The van der Waals surface area contributed by atoms with E-state index >= 15 is 0 Å². The Kier molecular flexibility index (Phi) is 3.39. The summed E-state index contributed by atoms with van der Waals surface area (Å²) in [6.07, 6.45) is 5.60. The highest BCUT2D eigenvalue weighted by atomic mass is 16.5. The number of anilines is 1. The van der Waals surface area contributed by atoms with Gasteiger partial charge < -0.3 is 10.5 Å². The van der Waals surface area contributed by atoms with Crippen LogP contribution in [0.15, 0.2) is 0 Å². The van der Waals surface area contributed by atoms with Crippen molar-refractivity contribution >= 4 is 5.82 Å². The minimum Gasteiger partial charge on any atom is -0.383 e. The van der Waals surface area contributed by atoms with Gasteiger partial charge in [-0.25, -0.2) is 9.97 Å². The normalized spacial score (nSPS) is 17.6. The number of nitrogen functional groups attached to an aromatic ring is 1. The van der Waals surface area contributed by atoms with Crippen molar-refractivity contribution in [2.75, 3.05) is 12.8 Å². The molecule has 0 spiro atoms. The van der Waals surface area contributed by atoms with Crippen LogP contribution in [0, 0.1) is 0 Å². The number of nitrogens with zero attached hydrogens (tertiary/aromatic N) is 2. The molecule has 0 aromatic carbocycles. The van der Waals surface area contributed by atoms with E-state index in [9.17, 15) is 0 Å². The largest absolute Gasteiger partial charge is 0.383 e. The maximum Gasteiger partial charge on any atom is 0.159 e. The second-order valence-electron chi connectivity index (χ2n) is 4.33. The highest BCUT2D eigenvalue weighted by Crippen LogP contribution is 2.24. The molecule has 1 aromatic heterocycles. The lowest BCUT2D eigenvalue weighted by Crippen LogP contribution is -2.11. The molecule has 16 heavy (non-hydrogen) atoms. The number of rotatable bonds is 2. The van der Waals surface area contributed by atoms with E-state index in [-0.39, 0.29) is 6.10 Å². The molecule has 1 aliphatic carbocycles. The lowest BCUT2D eigenvalue weighted by atomic mass is 10.1. The summed E-state index contributed by atoms with van der Waals surface area (Å²) < 4.78 is 5.23. The van der Waals surface area contributed by atoms with Gasteiger partial charge in [0, 0.05) is 18.4 Å². The molecule has 1 heterocycles. The maximum atomic E-state index is 6.00. The number of hydrogen-bond donors (Lipinski definition) is 1. The third kappa shape index (κ3) is 2.16. The van der Waals surface area contributed by atoms with Crippen molar-refractivity contribution in [1.82, 2.24) is 9.97 Å². The monoisotopic (exact) mass is 221 g/mol. The minimum absolute atomic E-state index is 0.0872. The predicted octanol–water partition coefficient (Wildman–Crippen LogP) is 2.04. The van der Waals surface area contributed by atoms with E-state index in [1.807, 2.05) is 6.92 Å². The van der Waals surface area contributed by atoms with Gasteiger partial charge in [0.1, 0.15) is 11.9 Å². The van der Waals surface area contributed by atoms with Crippen molar-refractivity contribution in [3.63, 3.8) is 0 Å². The number of ether oxygens (including phenoxy) is 1. The van der Waals surface area contributed by atoms with Crippen LogP contribution in [-0.2, 0) is 17.6 Å². The number of fused-ring (bicyclic) bond motifs is 1. The van der Waals surface area contributed by atoms with E-state index in [1.165, 1.54) is 19.3 Å². The number of hydrogen-bond acceptors (Lipinski definition) is 4. The molecule has 0 radical (unpaired) electrons. The van der Waals surface area contributed by atoms with Crippen molar-refractivity contribution in [2.45, 2.75) is 45.1 Å². The van der Waals surface area contributed by atoms with Gasteiger partial charge in [0.25, 0.3) is 0 Å². The van der Waals surface area contributed by atoms with E-state index in [0.29, 0.717) is 11.6 Å². The summed E-state index contributed by atoms with van der Waals surface area (Å²) in [5, 5.41) is 0. The standard InChI is InChI=1S/C12H19N3O/c1-8(16-2)12-14-10-7-5-3-4-6-9(10)11(13)15-12/h8H,3-7H2,1-2H3,(H2,13,14,15). The Hall–Kier alpha value is -1.16. The Bertz CT molecular complexity index is 379. The third-order valence-corrected chi connectivity index (χ3v) is 3.20. The summed E-state index contributed by atoms with van der Waals surface area (Å²) in [7, 11) is 1.66. The number of nitrogens with two attached hydrogens (primary N) is 1. The van der Waals surface area contributed by atoms with Gasteiger partial charge in [-0.1, -0.05) is 6.42 Å². The van der Waals surface area contributed by atoms with Crippen LogP contribution >= 0.6 is 0 Å². The quantitative estimate of drug-likeness (QED) is 0.776. The van der Waals surface area contributed by atoms with Gasteiger partial charge in [-0.2, -0.15) is 0 Å². The highest BCUT2D eigenvalue weighted by Gasteiger charge is 2.17. The molecule has 2 rings (SSSR count). The zero-order valence-corrected chi connectivity index (χ0v) is 9.99. The van der Waals surface area contributed by atoms with Crippen LogP contribution in [-0.4, -0.2) is 17.1 Å². The van der Waals surface area contributed by atoms with Crippen LogP contribution in [0.3, 0.4) is 0 Å². The van der Waals surface area contributed by atoms with Gasteiger partial charge in [0.2, 0.25) is 0 Å². The summed E-state index contributed by atoms with van der Waals surface area (Å²) in [6.45, 7) is 1.94. The van der Waals surface area contributed by atoms with Crippen molar-refractivity contribution in [1.29, 1.82) is 0 Å². The Labute approximate surface area is 96.2 Å². The fraction of sp³-hybridized carbons (Fsp3) is 0.667. The zero-order chi connectivity index (χ0) is 11.5. The fourth-order valence-corrected chi connectivity index (χ4v) is 2.11. The van der Waals surface area contributed by atoms with E-state index in [1.54, 1.807) is 7.11 Å². The summed E-state index contributed by atoms with van der Waals surface area (Å²) in [5.41, 5.74) is 8.28. The average Bonchev–Trinajstić information content (AvgIpc) is 2.53. The molecular formula is C12H19N3O. The topological polar surface area (TPSA) is 61.0 Å². The molecule has 4 heteroatoms. The average molecular weight is 221 g/mol. The Morgan fingerprint density at radius 1 is 1.19 bits per heavy atom. The molecule has 1 atom stereocenters. The van der Waals surface area contributed by atoms with Gasteiger partial charge in [0.15, 0.2) is 5.82 Å². The summed E-state index contributed by atoms with van der Waals surface area (Å²) in [6, 6.07) is 0. The first-order valence-electron chi connectivity index (χ1n) is 5.90. The first-order chi connectivity index (χ1) is 7.72. The molecule has 0 bridgehead atoms. The first-order valence-corrected chi connectivity index (χ1v) is 5.90. The first kappa shape index (κ1) is 11.3. The lowest BCUT2D eigenvalue weighted by molar-refractivity contribution is 0.112. The van der Waals surface area contributed by atoms with Crippen molar-refractivity contribution < 1.29 is 4.74 Å². The molecule has 0 amide bonds. The number of aryl methyl sites for hydroxylation is 1. The van der Waals surface area contributed by atoms with E-state index in [2.05, 4.69) is 9.97 Å².